The van der Waals surface area contributed by atoms with Gasteiger partial charge >= 0.3 is 0 Å². The second kappa shape index (κ2) is 3.58. The Balaban J connectivity index is 1.88. The van der Waals surface area contributed by atoms with Gasteiger partial charge in [-0.3, -0.25) is 0 Å². The molecule has 1 fully saturated rings. The number of ether oxygens (including phenoxy) is 1. The molecule has 14 heavy (non-hydrogen) atoms. The summed E-state index contributed by atoms with van der Waals surface area (Å²) in [4.78, 5) is 0. The molecule has 1 saturated carbocycles. The highest BCUT2D eigenvalue weighted by atomic mass is 19.1. The monoisotopic (exact) mass is 195 g/mol. The van der Waals surface area contributed by atoms with Crippen LogP contribution >= 0.6 is 0 Å². The predicted molar refractivity (Wildman–Crippen MR) is 52.7 cm³/mol. The number of rotatable bonds is 3. The second-order valence-corrected chi connectivity index (χ2v) is 3.96. The van der Waals surface area contributed by atoms with E-state index in [2.05, 4.69) is 0 Å². The Labute approximate surface area is 82.9 Å². The van der Waals surface area contributed by atoms with Gasteiger partial charge in [0.2, 0.25) is 0 Å². The van der Waals surface area contributed by atoms with Gasteiger partial charge in [-0.15, -0.1) is 0 Å². The van der Waals surface area contributed by atoms with E-state index in [-0.39, 0.29) is 11.4 Å². The third-order valence-electron chi connectivity index (χ3n) is 2.69. The molecule has 0 aromatic heterocycles. The smallest absolute Gasteiger partial charge is 0.123 e. The number of nitrogens with two attached hydrogens (primary N) is 1. The first-order valence-electron chi connectivity index (χ1n) is 4.85. The number of hydrogen-bond donors (Lipinski definition) is 1. The first-order chi connectivity index (χ1) is 6.68. The summed E-state index contributed by atoms with van der Waals surface area (Å²) in [5.74, 6) is 0.437. The van der Waals surface area contributed by atoms with Crippen LogP contribution in [0.15, 0.2) is 24.3 Å². The van der Waals surface area contributed by atoms with E-state index >= 15 is 0 Å². The number of hydrogen-bond acceptors (Lipinski definition) is 2. The molecule has 0 saturated heterocycles. The van der Waals surface area contributed by atoms with E-state index < -0.39 is 0 Å². The minimum Gasteiger partial charge on any atom is -0.492 e. The van der Waals surface area contributed by atoms with Crippen molar-refractivity contribution in [2.24, 2.45) is 5.73 Å². The molecule has 1 aliphatic carbocycles. The van der Waals surface area contributed by atoms with Crippen molar-refractivity contribution in [3.63, 3.8) is 0 Å². The summed E-state index contributed by atoms with van der Waals surface area (Å²) in [5.41, 5.74) is 5.84. The molecule has 1 aliphatic rings. The normalized spacial score (nSPS) is 18.7. The van der Waals surface area contributed by atoms with Crippen LogP contribution in [0.1, 0.15) is 19.3 Å². The van der Waals surface area contributed by atoms with Crippen molar-refractivity contribution in [2.45, 2.75) is 24.8 Å². The fraction of sp³-hybridized carbons (Fsp3) is 0.455. The average Bonchev–Trinajstić information content (AvgIpc) is 2.14. The van der Waals surface area contributed by atoms with E-state index in [1.165, 1.54) is 18.6 Å². The number of benzene rings is 1. The van der Waals surface area contributed by atoms with Crippen molar-refractivity contribution < 1.29 is 9.13 Å². The van der Waals surface area contributed by atoms with Crippen LogP contribution in [-0.4, -0.2) is 12.1 Å². The molecule has 0 heterocycles. The zero-order chi connectivity index (χ0) is 10.0. The zero-order valence-electron chi connectivity index (χ0n) is 8.00. The van der Waals surface area contributed by atoms with Crippen LogP contribution < -0.4 is 10.5 Å². The summed E-state index contributed by atoms with van der Waals surface area (Å²) in [7, 11) is 0. The maximum Gasteiger partial charge on any atom is 0.123 e. The van der Waals surface area contributed by atoms with Gasteiger partial charge in [-0.25, -0.2) is 4.39 Å². The van der Waals surface area contributed by atoms with Crippen LogP contribution in [0.3, 0.4) is 0 Å². The zero-order valence-corrected chi connectivity index (χ0v) is 8.00. The fourth-order valence-corrected chi connectivity index (χ4v) is 1.53. The molecule has 0 aliphatic heterocycles. The Kier molecular flexibility index (Phi) is 2.42. The Morgan fingerprint density at radius 3 is 2.43 bits per heavy atom. The van der Waals surface area contributed by atoms with Crippen molar-refractivity contribution in [3.8, 4) is 5.75 Å². The van der Waals surface area contributed by atoms with Gasteiger partial charge in [0.05, 0.1) is 5.54 Å². The Morgan fingerprint density at radius 1 is 1.29 bits per heavy atom. The van der Waals surface area contributed by atoms with E-state index in [0.29, 0.717) is 12.4 Å². The molecular weight excluding hydrogens is 181 g/mol. The lowest BCUT2D eigenvalue weighted by atomic mass is 9.78. The highest BCUT2D eigenvalue weighted by Gasteiger charge is 2.33. The Bertz CT molecular complexity index is 306. The third kappa shape index (κ3) is 2.04. The first-order valence-corrected chi connectivity index (χ1v) is 4.85. The van der Waals surface area contributed by atoms with Gasteiger partial charge in [-0.05, 0) is 43.5 Å². The molecule has 0 unspecified atom stereocenters. The van der Waals surface area contributed by atoms with Gasteiger partial charge in [0.15, 0.2) is 0 Å². The molecule has 0 spiro atoms. The number of halogens is 1. The van der Waals surface area contributed by atoms with Crippen LogP contribution in [0.5, 0.6) is 5.75 Å². The van der Waals surface area contributed by atoms with Crippen molar-refractivity contribution in [1.29, 1.82) is 0 Å². The molecule has 1 aromatic carbocycles. The minimum atomic E-state index is -0.247. The molecule has 0 bridgehead atoms. The van der Waals surface area contributed by atoms with Crippen molar-refractivity contribution in [2.75, 3.05) is 6.61 Å². The molecule has 2 nitrogen and oxygen atoms in total. The van der Waals surface area contributed by atoms with Crippen molar-refractivity contribution in [1.82, 2.24) is 0 Å². The summed E-state index contributed by atoms with van der Waals surface area (Å²) >= 11 is 0. The van der Waals surface area contributed by atoms with E-state index in [1.54, 1.807) is 12.1 Å². The van der Waals surface area contributed by atoms with Gasteiger partial charge in [0.1, 0.15) is 18.2 Å². The van der Waals surface area contributed by atoms with Gasteiger partial charge in [-0.2, -0.15) is 0 Å². The molecule has 76 valence electrons. The quantitative estimate of drug-likeness (QED) is 0.801. The fourth-order valence-electron chi connectivity index (χ4n) is 1.53. The molecule has 2 rings (SSSR count). The standard InChI is InChI=1S/C11H14FNO/c12-9-2-4-10(5-3-9)14-8-11(13)6-1-7-11/h2-5H,1,6-8,13H2. The summed E-state index contributed by atoms with van der Waals surface area (Å²) in [6, 6.07) is 6.02. The van der Waals surface area contributed by atoms with Gasteiger partial charge in [0.25, 0.3) is 0 Å². The average molecular weight is 195 g/mol. The van der Waals surface area contributed by atoms with Gasteiger partial charge < -0.3 is 10.5 Å². The molecule has 0 radical (unpaired) electrons. The van der Waals surface area contributed by atoms with E-state index in [9.17, 15) is 4.39 Å². The maximum atomic E-state index is 12.6. The van der Waals surface area contributed by atoms with E-state index in [0.717, 1.165) is 12.8 Å². The van der Waals surface area contributed by atoms with E-state index in [4.69, 9.17) is 10.5 Å². The van der Waals surface area contributed by atoms with Gasteiger partial charge in [-0.1, -0.05) is 0 Å². The van der Waals surface area contributed by atoms with E-state index in [1.807, 2.05) is 0 Å². The van der Waals surface area contributed by atoms with Crippen LogP contribution in [0.25, 0.3) is 0 Å². The predicted octanol–water partition coefficient (Wildman–Crippen LogP) is 2.09. The Morgan fingerprint density at radius 2 is 1.93 bits per heavy atom. The topological polar surface area (TPSA) is 35.2 Å². The highest BCUT2D eigenvalue weighted by molar-refractivity contribution is 5.22. The SMILES string of the molecule is NC1(COc2ccc(F)cc2)CCC1. The summed E-state index contributed by atoms with van der Waals surface area (Å²) < 4.78 is 18.0. The lowest BCUT2D eigenvalue weighted by Crippen LogP contribution is -2.51. The first kappa shape index (κ1) is 9.46. The van der Waals surface area contributed by atoms with Gasteiger partial charge in [0, 0.05) is 0 Å². The Hall–Kier alpha value is -1.09. The van der Waals surface area contributed by atoms with Crippen molar-refractivity contribution in [3.05, 3.63) is 30.1 Å². The van der Waals surface area contributed by atoms with Crippen molar-refractivity contribution >= 4 is 0 Å². The van der Waals surface area contributed by atoms with Crippen LogP contribution in [0, 0.1) is 5.82 Å². The molecule has 0 amide bonds. The summed E-state index contributed by atoms with van der Waals surface area (Å²) in [6.45, 7) is 0.526. The largest absolute Gasteiger partial charge is 0.492 e. The molecule has 2 N–H and O–H groups in total. The van der Waals surface area contributed by atoms with Crippen LogP contribution in [0.4, 0.5) is 4.39 Å². The highest BCUT2D eigenvalue weighted by Crippen LogP contribution is 2.29. The molecule has 0 atom stereocenters. The lowest BCUT2D eigenvalue weighted by Gasteiger charge is -2.37. The van der Waals surface area contributed by atoms with Crippen LogP contribution in [-0.2, 0) is 0 Å². The van der Waals surface area contributed by atoms with Crippen LogP contribution in [0.2, 0.25) is 0 Å². The molecule has 1 aromatic rings. The molecular formula is C11H14FNO. The lowest BCUT2D eigenvalue weighted by molar-refractivity contribution is 0.142. The minimum absolute atomic E-state index is 0.144. The maximum absolute atomic E-state index is 12.6. The molecule has 3 heteroatoms. The summed E-state index contributed by atoms with van der Waals surface area (Å²) in [6.07, 6.45) is 3.23. The second-order valence-electron chi connectivity index (χ2n) is 3.96. The third-order valence-corrected chi connectivity index (χ3v) is 2.69. The summed E-state index contributed by atoms with van der Waals surface area (Å²) in [5, 5.41) is 0.